The van der Waals surface area contributed by atoms with Crippen molar-refractivity contribution in [1.82, 2.24) is 15.3 Å². The standard InChI is InChI=1S/C16H18N4O/c21-16(20-14-6-7-14)8-3-12-1-4-13(5-2-12)19-15-9-17-11-18-10-15/h1-2,4-5,9-11,14,19H,3,6-8H2,(H,20,21). The van der Waals surface area contributed by atoms with Crippen molar-refractivity contribution in [2.75, 3.05) is 5.32 Å². The van der Waals surface area contributed by atoms with E-state index < -0.39 is 0 Å². The van der Waals surface area contributed by atoms with Crippen LogP contribution in [0.25, 0.3) is 0 Å². The Morgan fingerprint density at radius 2 is 1.81 bits per heavy atom. The van der Waals surface area contributed by atoms with Gasteiger partial charge in [-0.25, -0.2) is 9.97 Å². The number of hydrogen-bond donors (Lipinski definition) is 2. The van der Waals surface area contributed by atoms with E-state index in [4.69, 9.17) is 0 Å². The summed E-state index contributed by atoms with van der Waals surface area (Å²) in [6, 6.07) is 8.52. The van der Waals surface area contributed by atoms with Gasteiger partial charge in [0.15, 0.2) is 0 Å². The number of amides is 1. The van der Waals surface area contributed by atoms with Crippen LogP contribution in [0, 0.1) is 0 Å². The van der Waals surface area contributed by atoms with Gasteiger partial charge in [0.05, 0.1) is 18.1 Å². The Morgan fingerprint density at radius 1 is 1.10 bits per heavy atom. The van der Waals surface area contributed by atoms with E-state index in [1.807, 2.05) is 24.3 Å². The Kier molecular flexibility index (Phi) is 4.09. The highest BCUT2D eigenvalue weighted by Crippen LogP contribution is 2.19. The van der Waals surface area contributed by atoms with Gasteiger partial charge in [0, 0.05) is 18.2 Å². The molecule has 0 aliphatic heterocycles. The molecule has 2 aromatic rings. The summed E-state index contributed by atoms with van der Waals surface area (Å²) in [5.74, 6) is 0.154. The van der Waals surface area contributed by atoms with Gasteiger partial charge in [0.1, 0.15) is 6.33 Å². The molecule has 21 heavy (non-hydrogen) atoms. The maximum atomic E-state index is 11.6. The van der Waals surface area contributed by atoms with Crippen LogP contribution in [-0.2, 0) is 11.2 Å². The molecule has 1 aromatic carbocycles. The number of carbonyl (C=O) groups excluding carboxylic acids is 1. The molecular formula is C16H18N4O. The molecular weight excluding hydrogens is 264 g/mol. The fourth-order valence-corrected chi connectivity index (χ4v) is 2.07. The van der Waals surface area contributed by atoms with Crippen molar-refractivity contribution in [1.29, 1.82) is 0 Å². The van der Waals surface area contributed by atoms with Crippen molar-refractivity contribution in [3.63, 3.8) is 0 Å². The molecule has 1 fully saturated rings. The Balaban J connectivity index is 1.50. The van der Waals surface area contributed by atoms with Crippen molar-refractivity contribution < 1.29 is 4.79 Å². The second kappa shape index (κ2) is 6.35. The quantitative estimate of drug-likeness (QED) is 0.854. The van der Waals surface area contributed by atoms with Crippen LogP contribution < -0.4 is 10.6 Å². The number of rotatable bonds is 6. The van der Waals surface area contributed by atoms with Crippen LogP contribution in [0.5, 0.6) is 0 Å². The number of aryl methyl sites for hydroxylation is 1. The summed E-state index contributed by atoms with van der Waals surface area (Å²) >= 11 is 0. The third kappa shape index (κ3) is 4.27. The lowest BCUT2D eigenvalue weighted by molar-refractivity contribution is -0.121. The first-order chi connectivity index (χ1) is 10.3. The Bertz CT molecular complexity index is 593. The molecule has 0 atom stereocenters. The van der Waals surface area contributed by atoms with E-state index in [0.29, 0.717) is 12.5 Å². The Labute approximate surface area is 123 Å². The fourth-order valence-electron chi connectivity index (χ4n) is 2.07. The van der Waals surface area contributed by atoms with Gasteiger partial charge in [-0.05, 0) is 37.0 Å². The van der Waals surface area contributed by atoms with Gasteiger partial charge in [-0.3, -0.25) is 4.79 Å². The molecule has 0 radical (unpaired) electrons. The van der Waals surface area contributed by atoms with Gasteiger partial charge in [-0.15, -0.1) is 0 Å². The molecule has 1 aliphatic rings. The topological polar surface area (TPSA) is 66.9 Å². The zero-order valence-corrected chi connectivity index (χ0v) is 11.7. The summed E-state index contributed by atoms with van der Waals surface area (Å²) in [6.45, 7) is 0. The molecule has 108 valence electrons. The monoisotopic (exact) mass is 282 g/mol. The summed E-state index contributed by atoms with van der Waals surface area (Å²) < 4.78 is 0. The highest BCUT2D eigenvalue weighted by atomic mass is 16.1. The highest BCUT2D eigenvalue weighted by molar-refractivity contribution is 5.76. The number of aromatic nitrogens is 2. The van der Waals surface area contributed by atoms with Gasteiger partial charge < -0.3 is 10.6 Å². The number of benzene rings is 1. The van der Waals surface area contributed by atoms with E-state index in [1.54, 1.807) is 12.4 Å². The largest absolute Gasteiger partial charge is 0.353 e. The molecule has 1 saturated carbocycles. The summed E-state index contributed by atoms with van der Waals surface area (Å²) in [6.07, 6.45) is 8.54. The van der Waals surface area contributed by atoms with E-state index in [-0.39, 0.29) is 5.91 Å². The molecule has 1 aliphatic carbocycles. The first-order valence-corrected chi connectivity index (χ1v) is 7.20. The summed E-state index contributed by atoms with van der Waals surface area (Å²) in [5.41, 5.74) is 3.00. The molecule has 1 amide bonds. The lowest BCUT2D eigenvalue weighted by Gasteiger charge is -2.07. The maximum absolute atomic E-state index is 11.6. The van der Waals surface area contributed by atoms with Crippen LogP contribution in [0.3, 0.4) is 0 Å². The Hall–Kier alpha value is -2.43. The maximum Gasteiger partial charge on any atom is 0.220 e. The Morgan fingerprint density at radius 3 is 2.48 bits per heavy atom. The number of hydrogen-bond acceptors (Lipinski definition) is 4. The average molecular weight is 282 g/mol. The molecule has 0 spiro atoms. The van der Waals surface area contributed by atoms with Gasteiger partial charge >= 0.3 is 0 Å². The molecule has 0 bridgehead atoms. The molecule has 0 saturated heterocycles. The molecule has 5 nitrogen and oxygen atoms in total. The van der Waals surface area contributed by atoms with Crippen LogP contribution in [0.4, 0.5) is 11.4 Å². The van der Waals surface area contributed by atoms with Crippen LogP contribution in [0.15, 0.2) is 43.0 Å². The minimum absolute atomic E-state index is 0.154. The van der Waals surface area contributed by atoms with E-state index in [9.17, 15) is 4.79 Å². The molecule has 5 heteroatoms. The summed E-state index contributed by atoms with van der Waals surface area (Å²) in [4.78, 5) is 19.6. The van der Waals surface area contributed by atoms with Crippen molar-refractivity contribution in [3.05, 3.63) is 48.5 Å². The SMILES string of the molecule is O=C(CCc1ccc(Nc2cncnc2)cc1)NC1CC1. The lowest BCUT2D eigenvalue weighted by Crippen LogP contribution is -2.25. The average Bonchev–Trinajstić information content (AvgIpc) is 3.32. The number of nitrogens with zero attached hydrogens (tertiary/aromatic N) is 2. The lowest BCUT2D eigenvalue weighted by atomic mass is 10.1. The molecule has 1 heterocycles. The van der Waals surface area contributed by atoms with E-state index in [0.717, 1.165) is 36.2 Å². The first kappa shape index (κ1) is 13.5. The number of carbonyl (C=O) groups is 1. The van der Waals surface area contributed by atoms with Gasteiger partial charge in [0.2, 0.25) is 5.91 Å². The predicted octanol–water partition coefficient (Wildman–Crippen LogP) is 2.43. The molecule has 3 rings (SSSR count). The molecule has 2 N–H and O–H groups in total. The smallest absolute Gasteiger partial charge is 0.220 e. The normalized spacial score (nSPS) is 13.7. The number of anilines is 2. The number of nitrogens with one attached hydrogen (secondary N) is 2. The third-order valence-corrected chi connectivity index (χ3v) is 3.39. The van der Waals surface area contributed by atoms with E-state index in [1.165, 1.54) is 6.33 Å². The second-order valence-corrected chi connectivity index (χ2v) is 5.29. The van der Waals surface area contributed by atoms with Crippen molar-refractivity contribution in [2.24, 2.45) is 0 Å². The van der Waals surface area contributed by atoms with Crippen molar-refractivity contribution in [2.45, 2.75) is 31.7 Å². The van der Waals surface area contributed by atoms with Crippen LogP contribution >= 0.6 is 0 Å². The minimum Gasteiger partial charge on any atom is -0.353 e. The third-order valence-electron chi connectivity index (χ3n) is 3.39. The second-order valence-electron chi connectivity index (χ2n) is 5.29. The van der Waals surface area contributed by atoms with Crippen LogP contribution in [0.2, 0.25) is 0 Å². The van der Waals surface area contributed by atoms with Crippen LogP contribution in [0.1, 0.15) is 24.8 Å². The van der Waals surface area contributed by atoms with Gasteiger partial charge in [0.25, 0.3) is 0 Å². The predicted molar refractivity (Wildman–Crippen MR) is 81.2 cm³/mol. The summed E-state index contributed by atoms with van der Waals surface area (Å²) in [7, 11) is 0. The van der Waals surface area contributed by atoms with Gasteiger partial charge in [-0.1, -0.05) is 12.1 Å². The molecule has 0 unspecified atom stereocenters. The minimum atomic E-state index is 0.154. The highest BCUT2D eigenvalue weighted by Gasteiger charge is 2.22. The summed E-state index contributed by atoms with van der Waals surface area (Å²) in [5, 5.41) is 6.23. The zero-order valence-electron chi connectivity index (χ0n) is 11.7. The van der Waals surface area contributed by atoms with Crippen molar-refractivity contribution >= 4 is 17.3 Å². The van der Waals surface area contributed by atoms with E-state index in [2.05, 4.69) is 20.6 Å². The first-order valence-electron chi connectivity index (χ1n) is 7.20. The van der Waals surface area contributed by atoms with Crippen LogP contribution in [-0.4, -0.2) is 21.9 Å². The molecule has 1 aromatic heterocycles. The zero-order chi connectivity index (χ0) is 14.5. The van der Waals surface area contributed by atoms with Crippen molar-refractivity contribution in [3.8, 4) is 0 Å². The van der Waals surface area contributed by atoms with E-state index >= 15 is 0 Å². The van der Waals surface area contributed by atoms with Gasteiger partial charge in [-0.2, -0.15) is 0 Å². The fraction of sp³-hybridized carbons (Fsp3) is 0.312.